The van der Waals surface area contributed by atoms with Gasteiger partial charge in [-0.15, -0.1) is 0 Å². The van der Waals surface area contributed by atoms with E-state index in [4.69, 9.17) is 4.74 Å². The van der Waals surface area contributed by atoms with Gasteiger partial charge in [-0.25, -0.2) is 0 Å². The Morgan fingerprint density at radius 2 is 1.29 bits per heavy atom. The Morgan fingerprint density at radius 3 is 1.79 bits per heavy atom. The predicted molar refractivity (Wildman–Crippen MR) is 143 cm³/mol. The van der Waals surface area contributed by atoms with Gasteiger partial charge in [0.05, 0.1) is 6.67 Å². The number of halogens is 1. The first-order chi connectivity index (χ1) is 16.5. The molecule has 0 saturated heterocycles. The summed E-state index contributed by atoms with van der Waals surface area (Å²) in [5.74, 6) is 0.861. The summed E-state index contributed by atoms with van der Waals surface area (Å²) in [6.45, 7) is 5.56. The summed E-state index contributed by atoms with van der Waals surface area (Å²) in [4.78, 5) is 2.11. The highest BCUT2D eigenvalue weighted by atomic mass is 19.1. The molecule has 0 N–H and O–H groups in total. The SMILES string of the molecule is CCC(CC)(CCF)/C(=C(/c1ccccc1)c1ccc(OCCN(C)C)cc1)c1ccccc1. The molecule has 0 fully saturated rings. The van der Waals surface area contributed by atoms with E-state index in [0.29, 0.717) is 13.0 Å². The number of alkyl halides is 1. The Balaban J connectivity index is 2.23. The van der Waals surface area contributed by atoms with Gasteiger partial charge in [0.15, 0.2) is 0 Å². The van der Waals surface area contributed by atoms with E-state index in [1.54, 1.807) is 0 Å². The van der Waals surface area contributed by atoms with Crippen LogP contribution in [0.1, 0.15) is 49.8 Å². The van der Waals surface area contributed by atoms with Gasteiger partial charge in [-0.05, 0) is 78.7 Å². The van der Waals surface area contributed by atoms with Crippen molar-refractivity contribution in [1.82, 2.24) is 4.90 Å². The van der Waals surface area contributed by atoms with Gasteiger partial charge in [0.25, 0.3) is 0 Å². The van der Waals surface area contributed by atoms with E-state index in [9.17, 15) is 4.39 Å². The molecule has 180 valence electrons. The van der Waals surface area contributed by atoms with Crippen LogP contribution in [0.25, 0.3) is 11.1 Å². The van der Waals surface area contributed by atoms with Crippen molar-refractivity contribution in [2.45, 2.75) is 33.1 Å². The van der Waals surface area contributed by atoms with Crippen molar-refractivity contribution in [1.29, 1.82) is 0 Å². The van der Waals surface area contributed by atoms with E-state index in [2.05, 4.69) is 79.4 Å². The first-order valence-corrected chi connectivity index (χ1v) is 12.3. The molecular weight excluding hydrogens is 421 g/mol. The van der Waals surface area contributed by atoms with Crippen molar-refractivity contribution in [3.8, 4) is 5.75 Å². The summed E-state index contributed by atoms with van der Waals surface area (Å²) in [6, 6.07) is 29.4. The maximum Gasteiger partial charge on any atom is 0.119 e. The molecule has 0 aliphatic carbocycles. The van der Waals surface area contributed by atoms with Crippen molar-refractivity contribution >= 4 is 11.1 Å². The summed E-state index contributed by atoms with van der Waals surface area (Å²) in [5, 5.41) is 0. The standard InChI is InChI=1S/C31H38FNO/c1-5-31(6-2,21-22-32)30(27-15-11-8-12-16-27)29(25-13-9-7-10-14-25)26-17-19-28(20-18-26)34-24-23-33(3)4/h7-20H,5-6,21-24H2,1-4H3/b30-29-. The lowest BCUT2D eigenvalue weighted by Gasteiger charge is -2.37. The van der Waals surface area contributed by atoms with Crippen LogP contribution in [0.5, 0.6) is 5.75 Å². The van der Waals surface area contributed by atoms with Crippen LogP contribution in [0, 0.1) is 5.41 Å². The minimum atomic E-state index is -0.335. The third-order valence-corrected chi connectivity index (χ3v) is 6.78. The second-order valence-electron chi connectivity index (χ2n) is 9.08. The van der Waals surface area contributed by atoms with E-state index in [1.165, 1.54) is 11.1 Å². The zero-order chi connectivity index (χ0) is 24.4. The number of nitrogens with zero attached hydrogens (tertiary/aromatic N) is 1. The molecule has 0 radical (unpaired) electrons. The van der Waals surface area contributed by atoms with E-state index in [-0.39, 0.29) is 12.1 Å². The van der Waals surface area contributed by atoms with Crippen LogP contribution >= 0.6 is 0 Å². The third-order valence-electron chi connectivity index (χ3n) is 6.78. The third kappa shape index (κ3) is 6.15. The predicted octanol–water partition coefficient (Wildman–Crippen LogP) is 7.75. The fourth-order valence-corrected chi connectivity index (χ4v) is 4.71. The summed E-state index contributed by atoms with van der Waals surface area (Å²) in [6.07, 6.45) is 2.26. The number of ether oxygens (including phenoxy) is 1. The van der Waals surface area contributed by atoms with E-state index in [1.807, 2.05) is 38.4 Å². The Kier molecular flexibility index (Phi) is 9.47. The van der Waals surface area contributed by atoms with Gasteiger partial charge in [-0.2, -0.15) is 0 Å². The minimum absolute atomic E-state index is 0.262. The highest BCUT2D eigenvalue weighted by molar-refractivity contribution is 6.00. The highest BCUT2D eigenvalue weighted by Crippen LogP contribution is 2.49. The molecule has 0 aliphatic rings. The molecule has 0 amide bonds. The average molecular weight is 460 g/mol. The molecule has 3 heteroatoms. The molecule has 3 aromatic carbocycles. The van der Waals surface area contributed by atoms with Gasteiger partial charge >= 0.3 is 0 Å². The molecule has 0 aromatic heterocycles. The molecule has 0 bridgehead atoms. The van der Waals surface area contributed by atoms with Gasteiger partial charge in [0.2, 0.25) is 0 Å². The maximum atomic E-state index is 14.0. The van der Waals surface area contributed by atoms with Crippen molar-refractivity contribution in [2.24, 2.45) is 5.41 Å². The first kappa shape index (κ1) is 25.7. The van der Waals surface area contributed by atoms with Crippen LogP contribution in [0.3, 0.4) is 0 Å². The number of benzene rings is 3. The second kappa shape index (κ2) is 12.5. The summed E-state index contributed by atoms with van der Waals surface area (Å²) >= 11 is 0. The number of hydrogen-bond acceptors (Lipinski definition) is 2. The largest absolute Gasteiger partial charge is 0.492 e. The van der Waals surface area contributed by atoms with Crippen molar-refractivity contribution in [3.05, 3.63) is 102 Å². The average Bonchev–Trinajstić information content (AvgIpc) is 2.87. The van der Waals surface area contributed by atoms with E-state index >= 15 is 0 Å². The van der Waals surface area contributed by atoms with Crippen molar-refractivity contribution < 1.29 is 9.13 Å². The Bertz CT molecular complexity index is 1020. The molecule has 0 atom stereocenters. The van der Waals surface area contributed by atoms with Crippen molar-refractivity contribution in [3.63, 3.8) is 0 Å². The number of likely N-dealkylation sites (N-methyl/N-ethyl adjacent to an activating group) is 1. The zero-order valence-corrected chi connectivity index (χ0v) is 21.1. The van der Waals surface area contributed by atoms with Crippen molar-refractivity contribution in [2.75, 3.05) is 33.9 Å². The lowest BCUT2D eigenvalue weighted by molar-refractivity contribution is 0.261. The molecule has 3 aromatic rings. The molecule has 3 rings (SSSR count). The summed E-state index contributed by atoms with van der Waals surface area (Å²) < 4.78 is 19.9. The van der Waals surface area contributed by atoms with Crippen LogP contribution in [-0.2, 0) is 0 Å². The molecule has 0 saturated carbocycles. The van der Waals surface area contributed by atoms with E-state index in [0.717, 1.165) is 41.8 Å². The fraction of sp³-hybridized carbons (Fsp3) is 0.355. The van der Waals surface area contributed by atoms with Crippen LogP contribution in [0.15, 0.2) is 84.9 Å². The van der Waals surface area contributed by atoms with E-state index < -0.39 is 0 Å². The quantitative estimate of drug-likeness (QED) is 0.257. The lowest BCUT2D eigenvalue weighted by Crippen LogP contribution is -2.23. The molecule has 0 spiro atoms. The topological polar surface area (TPSA) is 12.5 Å². The molecular formula is C31H38FNO. The smallest absolute Gasteiger partial charge is 0.119 e. The van der Waals surface area contributed by atoms with Crippen LogP contribution in [-0.4, -0.2) is 38.8 Å². The number of rotatable bonds is 12. The van der Waals surface area contributed by atoms with Crippen LogP contribution < -0.4 is 4.74 Å². The zero-order valence-electron chi connectivity index (χ0n) is 21.1. The fourth-order valence-electron chi connectivity index (χ4n) is 4.71. The Hall–Kier alpha value is -2.91. The maximum absolute atomic E-state index is 14.0. The number of allylic oxidation sites excluding steroid dienone is 1. The van der Waals surface area contributed by atoms with Gasteiger partial charge in [0.1, 0.15) is 12.4 Å². The lowest BCUT2D eigenvalue weighted by atomic mass is 9.67. The first-order valence-electron chi connectivity index (χ1n) is 12.3. The molecule has 34 heavy (non-hydrogen) atoms. The van der Waals surface area contributed by atoms with Gasteiger partial charge in [0, 0.05) is 6.54 Å². The van der Waals surface area contributed by atoms with Gasteiger partial charge in [-0.1, -0.05) is 86.6 Å². The van der Waals surface area contributed by atoms with Crippen LogP contribution in [0.2, 0.25) is 0 Å². The summed E-state index contributed by atoms with van der Waals surface area (Å²) in [5.41, 5.74) is 5.56. The van der Waals surface area contributed by atoms with Gasteiger partial charge < -0.3 is 9.64 Å². The Labute approximate surface area is 205 Å². The molecule has 0 aliphatic heterocycles. The number of hydrogen-bond donors (Lipinski definition) is 0. The molecule has 2 nitrogen and oxygen atoms in total. The summed E-state index contributed by atoms with van der Waals surface area (Å²) in [7, 11) is 4.08. The normalized spacial score (nSPS) is 12.5. The molecule has 0 unspecified atom stereocenters. The second-order valence-corrected chi connectivity index (χ2v) is 9.08. The van der Waals surface area contributed by atoms with Gasteiger partial charge in [-0.3, -0.25) is 4.39 Å². The monoisotopic (exact) mass is 459 g/mol. The highest BCUT2D eigenvalue weighted by Gasteiger charge is 2.34. The minimum Gasteiger partial charge on any atom is -0.492 e. The Morgan fingerprint density at radius 1 is 0.765 bits per heavy atom. The molecule has 0 heterocycles. The van der Waals surface area contributed by atoms with Crippen LogP contribution in [0.4, 0.5) is 4.39 Å².